The molecule has 0 bridgehead atoms. The van der Waals surface area contributed by atoms with Crippen LogP contribution < -0.4 is 10.2 Å². The third-order valence-electron chi connectivity index (χ3n) is 3.02. The van der Waals surface area contributed by atoms with Gasteiger partial charge in [0.2, 0.25) is 0 Å². The summed E-state index contributed by atoms with van der Waals surface area (Å²) in [5.41, 5.74) is 1.38. The molecule has 0 aliphatic carbocycles. The molecule has 1 aromatic heterocycles. The van der Waals surface area contributed by atoms with Gasteiger partial charge in [0.1, 0.15) is 17.6 Å². The van der Waals surface area contributed by atoms with Crippen LogP contribution in [-0.4, -0.2) is 19.5 Å². The summed E-state index contributed by atoms with van der Waals surface area (Å²) in [6.07, 6.45) is 0. The van der Waals surface area contributed by atoms with Crippen molar-refractivity contribution in [3.63, 3.8) is 0 Å². The smallest absolute Gasteiger partial charge is 0.280 e. The molecule has 2 rings (SSSR count). The lowest BCUT2D eigenvalue weighted by molar-refractivity contribution is -0.885. The Kier molecular flexibility index (Phi) is 5.81. The lowest BCUT2D eigenvalue weighted by atomic mass is 10.2. The van der Waals surface area contributed by atoms with Gasteiger partial charge >= 0.3 is 0 Å². The Morgan fingerprint density at radius 3 is 2.91 bits per heavy atom. The van der Waals surface area contributed by atoms with Crippen molar-refractivity contribution in [2.24, 2.45) is 0 Å². The molecule has 0 spiro atoms. The van der Waals surface area contributed by atoms with Crippen LogP contribution in [0, 0.1) is 11.3 Å². The van der Waals surface area contributed by atoms with Crippen molar-refractivity contribution in [1.29, 1.82) is 5.26 Å². The molecule has 0 saturated heterocycles. The Morgan fingerprint density at radius 1 is 1.41 bits per heavy atom. The Morgan fingerprint density at radius 2 is 2.18 bits per heavy atom. The molecular formula is C15H14Cl2N3OS+. The second-order valence-electron chi connectivity index (χ2n) is 4.85. The number of quaternary nitrogens is 1. The highest BCUT2D eigenvalue weighted by Gasteiger charge is 2.15. The van der Waals surface area contributed by atoms with Crippen molar-refractivity contribution in [3.05, 3.63) is 50.8 Å². The monoisotopic (exact) mass is 354 g/mol. The molecule has 2 N–H and O–H groups in total. The highest BCUT2D eigenvalue weighted by atomic mass is 35.5. The number of rotatable bonds is 5. The van der Waals surface area contributed by atoms with Crippen LogP contribution in [0.25, 0.3) is 0 Å². The topological polar surface area (TPSA) is 57.3 Å². The molecule has 7 heteroatoms. The SMILES string of the molecule is C[NH+](CC(=O)Nc1sccc1C#N)Cc1cccc(Cl)c1Cl. The fourth-order valence-electron chi connectivity index (χ4n) is 2.01. The van der Waals surface area contributed by atoms with Gasteiger partial charge in [-0.2, -0.15) is 5.26 Å². The second-order valence-corrected chi connectivity index (χ2v) is 6.55. The van der Waals surface area contributed by atoms with Crippen LogP contribution in [0.2, 0.25) is 10.0 Å². The van der Waals surface area contributed by atoms with E-state index >= 15 is 0 Å². The number of nitrogens with zero attached hydrogens (tertiary/aromatic N) is 1. The summed E-state index contributed by atoms with van der Waals surface area (Å²) in [5.74, 6) is -0.144. The number of hydrogen-bond acceptors (Lipinski definition) is 3. The van der Waals surface area contributed by atoms with Crippen molar-refractivity contribution >= 4 is 45.4 Å². The largest absolute Gasteiger partial charge is 0.326 e. The number of hydrogen-bond donors (Lipinski definition) is 2. The number of anilines is 1. The van der Waals surface area contributed by atoms with Gasteiger partial charge in [-0.25, -0.2) is 0 Å². The van der Waals surface area contributed by atoms with E-state index in [-0.39, 0.29) is 12.5 Å². The Labute approximate surface area is 142 Å². The lowest BCUT2D eigenvalue weighted by Gasteiger charge is -2.14. The summed E-state index contributed by atoms with van der Waals surface area (Å²) in [4.78, 5) is 13.0. The maximum absolute atomic E-state index is 12.0. The summed E-state index contributed by atoms with van der Waals surface area (Å²) in [5, 5.41) is 15.1. The molecule has 1 unspecified atom stereocenters. The van der Waals surface area contributed by atoms with Gasteiger partial charge in [-0.3, -0.25) is 4.79 Å². The van der Waals surface area contributed by atoms with Crippen LogP contribution in [0.15, 0.2) is 29.6 Å². The van der Waals surface area contributed by atoms with Gasteiger partial charge in [-0.1, -0.05) is 35.3 Å². The molecule has 0 fully saturated rings. The van der Waals surface area contributed by atoms with Gasteiger partial charge in [0.15, 0.2) is 6.54 Å². The average molecular weight is 355 g/mol. The first-order valence-corrected chi connectivity index (χ1v) is 8.16. The first kappa shape index (κ1) is 16.8. The zero-order valence-electron chi connectivity index (χ0n) is 11.8. The van der Waals surface area contributed by atoms with Crippen LogP contribution in [0.4, 0.5) is 5.00 Å². The Hall–Kier alpha value is -1.58. The average Bonchev–Trinajstić information content (AvgIpc) is 2.90. The highest BCUT2D eigenvalue weighted by Crippen LogP contribution is 2.25. The quantitative estimate of drug-likeness (QED) is 0.866. The van der Waals surface area contributed by atoms with E-state index in [1.165, 1.54) is 11.3 Å². The van der Waals surface area contributed by atoms with Gasteiger partial charge in [0.05, 0.1) is 22.7 Å². The molecule has 2 aromatic rings. The molecule has 1 atom stereocenters. The number of nitriles is 1. The van der Waals surface area contributed by atoms with E-state index in [0.29, 0.717) is 27.2 Å². The molecule has 22 heavy (non-hydrogen) atoms. The predicted molar refractivity (Wildman–Crippen MR) is 89.6 cm³/mol. The minimum absolute atomic E-state index is 0.144. The number of amides is 1. The molecule has 114 valence electrons. The second kappa shape index (κ2) is 7.61. The zero-order valence-corrected chi connectivity index (χ0v) is 14.1. The minimum Gasteiger partial charge on any atom is -0.326 e. The number of benzene rings is 1. The molecule has 0 saturated carbocycles. The maximum atomic E-state index is 12.0. The fourth-order valence-corrected chi connectivity index (χ4v) is 3.15. The van der Waals surface area contributed by atoms with Crippen molar-refractivity contribution in [2.75, 3.05) is 18.9 Å². The third-order valence-corrected chi connectivity index (χ3v) is 4.71. The number of likely N-dealkylation sites (N-methyl/N-ethyl adjacent to an activating group) is 1. The minimum atomic E-state index is -0.144. The molecule has 0 radical (unpaired) electrons. The van der Waals surface area contributed by atoms with E-state index in [2.05, 4.69) is 5.32 Å². The first-order chi connectivity index (χ1) is 10.5. The summed E-state index contributed by atoms with van der Waals surface area (Å²) in [6.45, 7) is 0.855. The molecule has 0 aliphatic rings. The Balaban J connectivity index is 1.94. The number of nitrogens with one attached hydrogen (secondary N) is 2. The van der Waals surface area contributed by atoms with Crippen molar-refractivity contribution in [3.8, 4) is 6.07 Å². The van der Waals surface area contributed by atoms with Crippen molar-refractivity contribution in [1.82, 2.24) is 0 Å². The van der Waals surface area contributed by atoms with Gasteiger partial charge in [-0.15, -0.1) is 11.3 Å². The van der Waals surface area contributed by atoms with E-state index in [9.17, 15) is 4.79 Å². The van der Waals surface area contributed by atoms with Gasteiger partial charge in [-0.05, 0) is 17.5 Å². The Bertz CT molecular complexity index is 724. The lowest BCUT2D eigenvalue weighted by Crippen LogP contribution is -3.08. The summed E-state index contributed by atoms with van der Waals surface area (Å²) >= 11 is 13.5. The summed E-state index contributed by atoms with van der Waals surface area (Å²) in [6, 6.07) is 9.19. The maximum Gasteiger partial charge on any atom is 0.280 e. The van der Waals surface area contributed by atoms with Gasteiger partial charge in [0, 0.05) is 5.56 Å². The van der Waals surface area contributed by atoms with Crippen LogP contribution in [-0.2, 0) is 11.3 Å². The van der Waals surface area contributed by atoms with Gasteiger partial charge in [0.25, 0.3) is 5.91 Å². The predicted octanol–water partition coefficient (Wildman–Crippen LogP) is 2.58. The van der Waals surface area contributed by atoms with E-state index < -0.39 is 0 Å². The molecular weight excluding hydrogens is 341 g/mol. The molecule has 1 heterocycles. The number of carbonyl (C=O) groups is 1. The highest BCUT2D eigenvalue weighted by molar-refractivity contribution is 7.14. The summed E-state index contributed by atoms with van der Waals surface area (Å²) < 4.78 is 0. The normalized spacial score (nSPS) is 11.7. The fraction of sp³-hybridized carbons (Fsp3) is 0.200. The van der Waals surface area contributed by atoms with E-state index in [1.54, 1.807) is 17.5 Å². The first-order valence-electron chi connectivity index (χ1n) is 6.53. The molecule has 1 aromatic carbocycles. The molecule has 0 aliphatic heterocycles. The van der Waals surface area contributed by atoms with Crippen LogP contribution >= 0.6 is 34.5 Å². The zero-order chi connectivity index (χ0) is 16.1. The van der Waals surface area contributed by atoms with Crippen molar-refractivity contribution in [2.45, 2.75) is 6.54 Å². The number of halogens is 2. The molecule has 1 amide bonds. The third kappa shape index (κ3) is 4.21. The van der Waals surface area contributed by atoms with E-state index in [1.807, 2.05) is 25.2 Å². The van der Waals surface area contributed by atoms with Crippen molar-refractivity contribution < 1.29 is 9.69 Å². The van der Waals surface area contributed by atoms with Crippen LogP contribution in [0.3, 0.4) is 0 Å². The number of carbonyl (C=O) groups excluding carboxylic acids is 1. The molecule has 4 nitrogen and oxygen atoms in total. The van der Waals surface area contributed by atoms with E-state index in [4.69, 9.17) is 28.5 Å². The van der Waals surface area contributed by atoms with E-state index in [0.717, 1.165) is 10.5 Å². The summed E-state index contributed by atoms with van der Waals surface area (Å²) in [7, 11) is 1.90. The van der Waals surface area contributed by atoms with Gasteiger partial charge < -0.3 is 10.2 Å². The van der Waals surface area contributed by atoms with Crippen LogP contribution in [0.1, 0.15) is 11.1 Å². The standard InChI is InChI=1S/C15H13Cl2N3OS/c1-20(8-11-3-2-4-12(16)14(11)17)9-13(21)19-15-10(7-18)5-6-22-15/h2-6H,8-9H2,1H3,(H,19,21)/p+1. The van der Waals surface area contributed by atoms with Crippen LogP contribution in [0.5, 0.6) is 0 Å². The number of thiophene rings is 1.